The average Bonchev–Trinajstić information content (AvgIpc) is 2.92. The quantitative estimate of drug-likeness (QED) is 0.617. The van der Waals surface area contributed by atoms with Crippen LogP contribution < -0.4 is 4.80 Å². The van der Waals surface area contributed by atoms with E-state index in [1.165, 1.54) is 23.5 Å². The standard InChI is InChI=1S/C20H20N2O3S2/c1-4-10-22-17-11-14(2)15(3)12-18(17)26-20(22)21-19(23)13-27(24,25)16-8-6-5-7-9-16/h4-9,11-12H,1,10,13H2,2-3H3. The lowest BCUT2D eigenvalue weighted by Gasteiger charge is -2.04. The minimum absolute atomic E-state index is 0.120. The van der Waals surface area contributed by atoms with E-state index in [1.807, 2.05) is 18.4 Å². The summed E-state index contributed by atoms with van der Waals surface area (Å²) < 4.78 is 27.7. The van der Waals surface area contributed by atoms with E-state index in [2.05, 4.69) is 23.7 Å². The molecule has 27 heavy (non-hydrogen) atoms. The Morgan fingerprint density at radius 3 is 2.52 bits per heavy atom. The van der Waals surface area contributed by atoms with E-state index in [1.54, 1.807) is 24.3 Å². The van der Waals surface area contributed by atoms with Crippen LogP contribution in [0, 0.1) is 13.8 Å². The summed E-state index contributed by atoms with van der Waals surface area (Å²) in [4.78, 5) is 17.1. The molecule has 0 saturated carbocycles. The molecular weight excluding hydrogens is 380 g/mol. The molecule has 1 heterocycles. The minimum Gasteiger partial charge on any atom is -0.312 e. The molecule has 0 unspecified atom stereocenters. The van der Waals surface area contributed by atoms with Gasteiger partial charge < -0.3 is 4.57 Å². The molecule has 1 amide bonds. The molecule has 0 aliphatic heterocycles. The van der Waals surface area contributed by atoms with E-state index < -0.39 is 21.5 Å². The molecular formula is C20H20N2O3S2. The van der Waals surface area contributed by atoms with Crippen LogP contribution in [0.5, 0.6) is 0 Å². The maximum Gasteiger partial charge on any atom is 0.263 e. The van der Waals surface area contributed by atoms with Gasteiger partial charge in [-0.05, 0) is 49.2 Å². The number of sulfone groups is 1. The zero-order valence-corrected chi connectivity index (χ0v) is 16.8. The molecule has 0 N–H and O–H groups in total. The van der Waals surface area contributed by atoms with Gasteiger partial charge in [-0.3, -0.25) is 4.79 Å². The van der Waals surface area contributed by atoms with Crippen molar-refractivity contribution in [2.45, 2.75) is 25.3 Å². The molecule has 0 fully saturated rings. The fourth-order valence-electron chi connectivity index (χ4n) is 2.73. The molecule has 0 saturated heterocycles. The number of aryl methyl sites for hydroxylation is 2. The fraction of sp³-hybridized carbons (Fsp3) is 0.200. The lowest BCUT2D eigenvalue weighted by Crippen LogP contribution is -2.20. The number of carbonyl (C=O) groups excluding carboxylic acids is 1. The second-order valence-electron chi connectivity index (χ2n) is 6.27. The van der Waals surface area contributed by atoms with Crippen LogP contribution in [0.4, 0.5) is 0 Å². The van der Waals surface area contributed by atoms with E-state index in [-0.39, 0.29) is 4.90 Å². The van der Waals surface area contributed by atoms with Crippen molar-refractivity contribution in [1.82, 2.24) is 4.57 Å². The first kappa shape index (κ1) is 19.3. The largest absolute Gasteiger partial charge is 0.312 e. The highest BCUT2D eigenvalue weighted by Crippen LogP contribution is 2.22. The van der Waals surface area contributed by atoms with E-state index in [9.17, 15) is 13.2 Å². The highest BCUT2D eigenvalue weighted by Gasteiger charge is 2.19. The normalized spacial score (nSPS) is 12.4. The van der Waals surface area contributed by atoms with E-state index >= 15 is 0 Å². The summed E-state index contributed by atoms with van der Waals surface area (Å²) in [5.41, 5.74) is 3.25. The molecule has 7 heteroatoms. The summed E-state index contributed by atoms with van der Waals surface area (Å²) in [6.07, 6.45) is 1.73. The zero-order chi connectivity index (χ0) is 19.6. The molecule has 5 nitrogen and oxygen atoms in total. The number of allylic oxidation sites excluding steroid dienone is 1. The van der Waals surface area contributed by atoms with E-state index in [0.717, 1.165) is 21.3 Å². The van der Waals surface area contributed by atoms with E-state index in [0.29, 0.717) is 11.3 Å². The molecule has 0 atom stereocenters. The molecule has 0 bridgehead atoms. The lowest BCUT2D eigenvalue weighted by atomic mass is 10.1. The van der Waals surface area contributed by atoms with Crippen LogP contribution in [0.3, 0.4) is 0 Å². The van der Waals surface area contributed by atoms with Gasteiger partial charge in [-0.25, -0.2) is 8.42 Å². The predicted molar refractivity (Wildman–Crippen MR) is 109 cm³/mol. The number of benzene rings is 2. The summed E-state index contributed by atoms with van der Waals surface area (Å²) >= 11 is 1.37. The molecule has 3 aromatic rings. The van der Waals surface area contributed by atoms with Gasteiger partial charge in [0.15, 0.2) is 14.6 Å². The summed E-state index contributed by atoms with van der Waals surface area (Å²) in [5.74, 6) is -1.34. The lowest BCUT2D eigenvalue weighted by molar-refractivity contribution is -0.115. The van der Waals surface area contributed by atoms with Gasteiger partial charge in [0, 0.05) is 6.54 Å². The monoisotopic (exact) mass is 400 g/mol. The van der Waals surface area contributed by atoms with Crippen LogP contribution in [0.2, 0.25) is 0 Å². The van der Waals surface area contributed by atoms with Crippen molar-refractivity contribution in [3.8, 4) is 0 Å². The Hall–Kier alpha value is -2.51. The minimum atomic E-state index is -3.72. The van der Waals surface area contributed by atoms with Crippen LogP contribution in [0.1, 0.15) is 11.1 Å². The number of hydrogen-bond acceptors (Lipinski definition) is 4. The topological polar surface area (TPSA) is 68.5 Å². The second-order valence-corrected chi connectivity index (χ2v) is 9.26. The highest BCUT2D eigenvalue weighted by atomic mass is 32.2. The first-order valence-electron chi connectivity index (χ1n) is 8.38. The number of rotatable bonds is 5. The van der Waals surface area contributed by atoms with Gasteiger partial charge in [0.05, 0.1) is 15.1 Å². The van der Waals surface area contributed by atoms with Gasteiger partial charge in [-0.1, -0.05) is 35.6 Å². The van der Waals surface area contributed by atoms with Crippen LogP contribution >= 0.6 is 11.3 Å². The zero-order valence-electron chi connectivity index (χ0n) is 15.2. The third kappa shape index (κ3) is 4.09. The smallest absolute Gasteiger partial charge is 0.263 e. The summed E-state index contributed by atoms with van der Waals surface area (Å²) in [6.45, 7) is 8.30. The Labute approximate surface area is 162 Å². The van der Waals surface area contributed by atoms with Crippen LogP contribution in [-0.4, -0.2) is 24.6 Å². The molecule has 140 valence electrons. The van der Waals surface area contributed by atoms with Gasteiger partial charge >= 0.3 is 0 Å². The SMILES string of the molecule is C=CCn1c(=NC(=O)CS(=O)(=O)c2ccccc2)sc2cc(C)c(C)cc21. The van der Waals surface area contributed by atoms with Gasteiger partial charge in [-0.15, -0.1) is 6.58 Å². The molecule has 0 radical (unpaired) electrons. The summed E-state index contributed by atoms with van der Waals surface area (Å²) in [6, 6.07) is 12.0. The molecule has 2 aromatic carbocycles. The summed E-state index contributed by atoms with van der Waals surface area (Å²) in [5, 5.41) is 0. The second kappa shape index (κ2) is 7.62. The number of fused-ring (bicyclic) bond motifs is 1. The number of nitrogens with zero attached hydrogens (tertiary/aromatic N) is 2. The summed E-state index contributed by atoms with van der Waals surface area (Å²) in [7, 11) is -3.72. The Bertz CT molecular complexity index is 1190. The maximum absolute atomic E-state index is 12.4. The van der Waals surface area contributed by atoms with Crippen LogP contribution in [0.25, 0.3) is 10.2 Å². The first-order valence-corrected chi connectivity index (χ1v) is 10.9. The number of carbonyl (C=O) groups is 1. The maximum atomic E-state index is 12.4. The highest BCUT2D eigenvalue weighted by molar-refractivity contribution is 7.92. The van der Waals surface area contributed by atoms with Crippen molar-refractivity contribution < 1.29 is 13.2 Å². The third-order valence-corrected chi connectivity index (χ3v) is 6.90. The Morgan fingerprint density at radius 1 is 1.19 bits per heavy atom. The number of amides is 1. The molecule has 0 aliphatic carbocycles. The Morgan fingerprint density at radius 2 is 1.85 bits per heavy atom. The van der Waals surface area contributed by atoms with Gasteiger partial charge in [-0.2, -0.15) is 4.99 Å². The number of thiazole rings is 1. The molecule has 1 aromatic heterocycles. The van der Waals surface area contributed by atoms with Crippen molar-refractivity contribution in [2.75, 3.05) is 5.75 Å². The van der Waals surface area contributed by atoms with Gasteiger partial charge in [0.1, 0.15) is 5.75 Å². The van der Waals surface area contributed by atoms with Crippen LogP contribution in [0.15, 0.2) is 65.0 Å². The molecule has 3 rings (SSSR count). The van der Waals surface area contributed by atoms with Gasteiger partial charge in [0.25, 0.3) is 5.91 Å². The van der Waals surface area contributed by atoms with Gasteiger partial charge in [0.2, 0.25) is 0 Å². The van der Waals surface area contributed by atoms with Crippen molar-refractivity contribution >= 4 is 37.3 Å². The third-order valence-electron chi connectivity index (χ3n) is 4.25. The predicted octanol–water partition coefficient (Wildman–Crippen LogP) is 3.41. The number of hydrogen-bond donors (Lipinski definition) is 0. The Kier molecular flexibility index (Phi) is 5.43. The van der Waals surface area contributed by atoms with Crippen molar-refractivity contribution in [2.24, 2.45) is 4.99 Å². The van der Waals surface area contributed by atoms with Crippen molar-refractivity contribution in [1.29, 1.82) is 0 Å². The van der Waals surface area contributed by atoms with Crippen molar-refractivity contribution in [3.05, 3.63) is 71.0 Å². The van der Waals surface area contributed by atoms with Crippen molar-refractivity contribution in [3.63, 3.8) is 0 Å². The molecule has 0 spiro atoms. The number of aromatic nitrogens is 1. The van der Waals surface area contributed by atoms with Crippen LogP contribution in [-0.2, 0) is 21.2 Å². The Balaban J connectivity index is 2.03. The first-order chi connectivity index (χ1) is 12.8. The molecule has 0 aliphatic rings. The average molecular weight is 401 g/mol. The fourth-order valence-corrected chi connectivity index (χ4v) is 4.99. The van der Waals surface area contributed by atoms with E-state index in [4.69, 9.17) is 0 Å².